The first-order valence-electron chi connectivity index (χ1n) is 11.8. The molecule has 1 saturated heterocycles. The first-order chi connectivity index (χ1) is 15.9. The van der Waals surface area contributed by atoms with Crippen molar-refractivity contribution in [3.05, 3.63) is 65.2 Å². The van der Waals surface area contributed by atoms with E-state index in [0.29, 0.717) is 42.9 Å². The summed E-state index contributed by atoms with van der Waals surface area (Å²) in [6.07, 6.45) is 4.89. The molecule has 1 atom stereocenters. The minimum atomic E-state index is -3.46. The standard InChI is InChI=1S/C26H33N3O3S/c1-3-29(21(2)24-13-8-23(20-27)9-14-24)26(30)17-12-22-10-15-25(16-11-22)33(31,32)28-18-6-4-5-7-19-28/h8-11,13-16,21H,3-7,12,17-19H2,1-2H3. The molecule has 3 rings (SSSR count). The van der Waals surface area contributed by atoms with Gasteiger partial charge in [-0.25, -0.2) is 8.42 Å². The van der Waals surface area contributed by atoms with Crippen molar-refractivity contribution in [3.8, 4) is 6.07 Å². The van der Waals surface area contributed by atoms with E-state index in [9.17, 15) is 13.2 Å². The summed E-state index contributed by atoms with van der Waals surface area (Å²) in [6.45, 7) is 5.71. The zero-order chi connectivity index (χ0) is 23.8. The van der Waals surface area contributed by atoms with E-state index in [1.54, 1.807) is 28.6 Å². The normalized spacial score (nSPS) is 15.9. The molecular formula is C26H33N3O3S. The van der Waals surface area contributed by atoms with Crippen LogP contribution in [-0.2, 0) is 21.2 Å². The van der Waals surface area contributed by atoms with E-state index in [0.717, 1.165) is 36.8 Å². The van der Waals surface area contributed by atoms with Gasteiger partial charge in [-0.15, -0.1) is 0 Å². The van der Waals surface area contributed by atoms with Crippen LogP contribution in [0.2, 0.25) is 0 Å². The van der Waals surface area contributed by atoms with Gasteiger partial charge in [0.1, 0.15) is 0 Å². The van der Waals surface area contributed by atoms with Crippen LogP contribution in [0.4, 0.5) is 0 Å². The van der Waals surface area contributed by atoms with Crippen LogP contribution >= 0.6 is 0 Å². The van der Waals surface area contributed by atoms with Gasteiger partial charge < -0.3 is 4.90 Å². The number of nitriles is 1. The van der Waals surface area contributed by atoms with Crippen molar-refractivity contribution in [2.75, 3.05) is 19.6 Å². The van der Waals surface area contributed by atoms with Gasteiger partial charge in [-0.05, 0) is 68.5 Å². The Balaban J connectivity index is 1.61. The van der Waals surface area contributed by atoms with Crippen molar-refractivity contribution < 1.29 is 13.2 Å². The Kier molecular flexibility index (Phi) is 8.65. The predicted molar refractivity (Wildman–Crippen MR) is 129 cm³/mol. The van der Waals surface area contributed by atoms with Gasteiger partial charge >= 0.3 is 0 Å². The molecule has 1 aliphatic rings. The van der Waals surface area contributed by atoms with E-state index in [1.165, 1.54) is 0 Å². The predicted octanol–water partition coefficient (Wildman–Crippen LogP) is 4.67. The van der Waals surface area contributed by atoms with Gasteiger partial charge in [0.25, 0.3) is 0 Å². The van der Waals surface area contributed by atoms with Crippen molar-refractivity contribution in [3.63, 3.8) is 0 Å². The molecule has 1 aliphatic heterocycles. The van der Waals surface area contributed by atoms with Crippen LogP contribution in [0.15, 0.2) is 53.4 Å². The fourth-order valence-electron chi connectivity index (χ4n) is 4.34. The summed E-state index contributed by atoms with van der Waals surface area (Å²) in [5.41, 5.74) is 2.54. The Morgan fingerprint density at radius 2 is 1.64 bits per heavy atom. The maximum absolute atomic E-state index is 12.9. The van der Waals surface area contributed by atoms with E-state index >= 15 is 0 Å². The summed E-state index contributed by atoms with van der Waals surface area (Å²) < 4.78 is 27.5. The van der Waals surface area contributed by atoms with Gasteiger partial charge in [0, 0.05) is 26.1 Å². The second-order valence-corrected chi connectivity index (χ2v) is 10.5. The Hall–Kier alpha value is -2.69. The fraction of sp³-hybridized carbons (Fsp3) is 0.462. The molecule has 33 heavy (non-hydrogen) atoms. The van der Waals surface area contributed by atoms with Crippen LogP contribution in [-0.4, -0.2) is 43.2 Å². The number of aryl methyl sites for hydroxylation is 1. The molecule has 0 aliphatic carbocycles. The van der Waals surface area contributed by atoms with Gasteiger partial charge in [0.2, 0.25) is 15.9 Å². The monoisotopic (exact) mass is 467 g/mol. The second kappa shape index (κ2) is 11.4. The molecule has 0 bridgehead atoms. The lowest BCUT2D eigenvalue weighted by atomic mass is 10.0. The summed E-state index contributed by atoms with van der Waals surface area (Å²) in [6, 6.07) is 16.3. The second-order valence-electron chi connectivity index (χ2n) is 8.55. The molecule has 176 valence electrons. The van der Waals surface area contributed by atoms with Crippen LogP contribution in [0.1, 0.15) is 68.7 Å². The zero-order valence-corrected chi connectivity index (χ0v) is 20.4. The first kappa shape index (κ1) is 24.9. The number of nitrogens with zero attached hydrogens (tertiary/aromatic N) is 3. The Labute approximate surface area is 197 Å². The highest BCUT2D eigenvalue weighted by Gasteiger charge is 2.25. The van der Waals surface area contributed by atoms with Gasteiger partial charge in [-0.2, -0.15) is 9.57 Å². The van der Waals surface area contributed by atoms with E-state index in [4.69, 9.17) is 5.26 Å². The molecule has 1 unspecified atom stereocenters. The topological polar surface area (TPSA) is 81.5 Å². The molecule has 0 radical (unpaired) electrons. The number of carbonyl (C=O) groups excluding carboxylic acids is 1. The van der Waals surface area contributed by atoms with Crippen LogP contribution in [0, 0.1) is 11.3 Å². The maximum atomic E-state index is 12.9. The van der Waals surface area contributed by atoms with Crippen LogP contribution in [0.25, 0.3) is 0 Å². The largest absolute Gasteiger partial charge is 0.336 e. The number of hydrogen-bond acceptors (Lipinski definition) is 4. The molecule has 0 saturated carbocycles. The van der Waals surface area contributed by atoms with Gasteiger partial charge in [-0.1, -0.05) is 37.1 Å². The van der Waals surface area contributed by atoms with Gasteiger partial charge in [0.15, 0.2) is 0 Å². The fourth-order valence-corrected chi connectivity index (χ4v) is 5.85. The minimum Gasteiger partial charge on any atom is -0.336 e. The minimum absolute atomic E-state index is 0.0515. The van der Waals surface area contributed by atoms with Gasteiger partial charge in [-0.3, -0.25) is 4.79 Å². The molecule has 2 aromatic carbocycles. The molecule has 6 nitrogen and oxygen atoms in total. The Bertz CT molecular complexity index is 1070. The molecule has 7 heteroatoms. The summed E-state index contributed by atoms with van der Waals surface area (Å²) in [4.78, 5) is 15.1. The highest BCUT2D eigenvalue weighted by Crippen LogP contribution is 2.23. The summed E-state index contributed by atoms with van der Waals surface area (Å²) >= 11 is 0. The zero-order valence-electron chi connectivity index (χ0n) is 19.5. The third-order valence-corrected chi connectivity index (χ3v) is 8.32. The molecule has 1 heterocycles. The van der Waals surface area contributed by atoms with Crippen molar-refractivity contribution in [2.24, 2.45) is 0 Å². The first-order valence-corrected chi connectivity index (χ1v) is 13.2. The summed E-state index contributed by atoms with van der Waals surface area (Å²) in [7, 11) is -3.46. The molecule has 2 aromatic rings. The van der Waals surface area contributed by atoms with Gasteiger partial charge in [0.05, 0.1) is 22.6 Å². The summed E-state index contributed by atoms with van der Waals surface area (Å²) in [5.74, 6) is 0.0515. The maximum Gasteiger partial charge on any atom is 0.243 e. The lowest BCUT2D eigenvalue weighted by Gasteiger charge is -2.28. The van der Waals surface area contributed by atoms with E-state index in [-0.39, 0.29) is 11.9 Å². The number of hydrogen-bond donors (Lipinski definition) is 0. The molecule has 0 spiro atoms. The van der Waals surface area contributed by atoms with Crippen molar-refractivity contribution in [1.82, 2.24) is 9.21 Å². The van der Waals surface area contributed by atoms with Crippen LogP contribution in [0.5, 0.6) is 0 Å². The molecule has 1 amide bonds. The van der Waals surface area contributed by atoms with E-state index in [1.807, 2.05) is 43.0 Å². The third-order valence-electron chi connectivity index (χ3n) is 6.40. The van der Waals surface area contributed by atoms with E-state index in [2.05, 4.69) is 6.07 Å². The molecule has 0 aromatic heterocycles. The lowest BCUT2D eigenvalue weighted by Crippen LogP contribution is -2.33. The lowest BCUT2D eigenvalue weighted by molar-refractivity contribution is -0.133. The van der Waals surface area contributed by atoms with Crippen LogP contribution < -0.4 is 0 Å². The quantitative estimate of drug-likeness (QED) is 0.565. The number of benzene rings is 2. The summed E-state index contributed by atoms with van der Waals surface area (Å²) in [5, 5.41) is 8.98. The Morgan fingerprint density at radius 1 is 1.03 bits per heavy atom. The molecule has 0 N–H and O–H groups in total. The smallest absolute Gasteiger partial charge is 0.243 e. The highest BCUT2D eigenvalue weighted by atomic mass is 32.2. The third kappa shape index (κ3) is 6.21. The average molecular weight is 468 g/mol. The highest BCUT2D eigenvalue weighted by molar-refractivity contribution is 7.89. The number of sulfonamides is 1. The number of carbonyl (C=O) groups is 1. The Morgan fingerprint density at radius 3 is 2.18 bits per heavy atom. The molecule has 1 fully saturated rings. The van der Waals surface area contributed by atoms with Crippen molar-refractivity contribution >= 4 is 15.9 Å². The molecular weight excluding hydrogens is 434 g/mol. The SMILES string of the molecule is CCN(C(=O)CCc1ccc(S(=O)(=O)N2CCCCCC2)cc1)C(C)c1ccc(C#N)cc1. The number of amides is 1. The number of rotatable bonds is 8. The average Bonchev–Trinajstić information content (AvgIpc) is 3.14. The van der Waals surface area contributed by atoms with Crippen molar-refractivity contribution in [2.45, 2.75) is 63.3 Å². The van der Waals surface area contributed by atoms with Crippen LogP contribution in [0.3, 0.4) is 0 Å². The van der Waals surface area contributed by atoms with E-state index < -0.39 is 10.0 Å². The van der Waals surface area contributed by atoms with Crippen molar-refractivity contribution in [1.29, 1.82) is 5.26 Å².